The number of sulfonamides is 1. The molecule has 5 nitrogen and oxygen atoms in total. The van der Waals surface area contributed by atoms with Gasteiger partial charge in [0, 0.05) is 18.8 Å². The largest absolute Gasteiger partial charge is 0.398 e. The zero-order valence-electron chi connectivity index (χ0n) is 10.9. The third-order valence-electron chi connectivity index (χ3n) is 3.06. The summed E-state index contributed by atoms with van der Waals surface area (Å²) in [5, 5.41) is 9.02. The van der Waals surface area contributed by atoms with E-state index >= 15 is 0 Å². The first-order chi connectivity index (χ1) is 8.34. The minimum atomic E-state index is -3.60. The average Bonchev–Trinajstić information content (AvgIpc) is 2.36. The molecule has 0 spiro atoms. The minimum Gasteiger partial charge on any atom is -0.398 e. The number of aliphatic hydroxyl groups excluding tert-OH is 1. The van der Waals surface area contributed by atoms with Gasteiger partial charge in [-0.25, -0.2) is 8.42 Å². The number of hydrogen-bond donors (Lipinski definition) is 2. The quantitative estimate of drug-likeness (QED) is 0.778. The van der Waals surface area contributed by atoms with Crippen LogP contribution in [0.3, 0.4) is 0 Å². The van der Waals surface area contributed by atoms with E-state index in [1.165, 1.54) is 13.1 Å². The van der Waals surface area contributed by atoms with E-state index in [2.05, 4.69) is 0 Å². The Labute approximate surface area is 108 Å². The summed E-state index contributed by atoms with van der Waals surface area (Å²) < 4.78 is 25.6. The van der Waals surface area contributed by atoms with E-state index in [0.29, 0.717) is 5.69 Å². The summed E-state index contributed by atoms with van der Waals surface area (Å²) in [6.45, 7) is 3.37. The normalized spacial score (nSPS) is 13.8. The van der Waals surface area contributed by atoms with Gasteiger partial charge in [0.2, 0.25) is 10.0 Å². The zero-order valence-corrected chi connectivity index (χ0v) is 11.7. The van der Waals surface area contributed by atoms with Crippen molar-refractivity contribution in [1.82, 2.24) is 4.31 Å². The lowest BCUT2D eigenvalue weighted by molar-refractivity contribution is 0.214. The lowest BCUT2D eigenvalue weighted by Gasteiger charge is -2.22. The molecular weight excluding hydrogens is 252 g/mol. The molecule has 0 bridgehead atoms. The lowest BCUT2D eigenvalue weighted by atomic mass is 10.1. The highest BCUT2D eigenvalue weighted by atomic mass is 32.2. The van der Waals surface area contributed by atoms with Crippen molar-refractivity contribution in [3.63, 3.8) is 0 Å². The Bertz CT molecular complexity index is 514. The number of aliphatic hydroxyl groups is 1. The summed E-state index contributed by atoms with van der Waals surface area (Å²) in [5.41, 5.74) is 7.20. The molecular formula is C12H20N2O3S. The molecule has 102 valence electrons. The van der Waals surface area contributed by atoms with Crippen molar-refractivity contribution in [2.75, 3.05) is 19.4 Å². The van der Waals surface area contributed by atoms with Gasteiger partial charge in [-0.05, 0) is 31.0 Å². The topological polar surface area (TPSA) is 83.6 Å². The summed E-state index contributed by atoms with van der Waals surface area (Å²) >= 11 is 0. The molecule has 6 heteroatoms. The fraction of sp³-hybridized carbons (Fsp3) is 0.500. The first kappa shape index (κ1) is 14.9. The van der Waals surface area contributed by atoms with Gasteiger partial charge in [-0.1, -0.05) is 13.0 Å². The Morgan fingerprint density at radius 1 is 1.44 bits per heavy atom. The summed E-state index contributed by atoms with van der Waals surface area (Å²) in [6, 6.07) is 4.27. The number of likely N-dealkylation sites (N-methyl/N-ethyl adjacent to an activating group) is 1. The Morgan fingerprint density at radius 2 is 2.06 bits per heavy atom. The standard InChI is InChI=1S/C12H20N2O3S/c1-4-10-5-6-11(7-12(10)13)18(16,17)14(3)9(2)8-15/h5-7,9,15H,4,8,13H2,1-3H3. The lowest BCUT2D eigenvalue weighted by Crippen LogP contribution is -2.37. The van der Waals surface area contributed by atoms with Crippen LogP contribution < -0.4 is 5.73 Å². The molecule has 0 saturated heterocycles. The Morgan fingerprint density at radius 3 is 2.50 bits per heavy atom. The Hall–Kier alpha value is -1.11. The van der Waals surface area contributed by atoms with Gasteiger partial charge in [-0.15, -0.1) is 0 Å². The van der Waals surface area contributed by atoms with Crippen LogP contribution in [0.1, 0.15) is 19.4 Å². The smallest absolute Gasteiger partial charge is 0.243 e. The van der Waals surface area contributed by atoms with E-state index < -0.39 is 16.1 Å². The number of rotatable bonds is 5. The van der Waals surface area contributed by atoms with Crippen LogP contribution in [-0.2, 0) is 16.4 Å². The van der Waals surface area contributed by atoms with Gasteiger partial charge in [-0.2, -0.15) is 4.31 Å². The van der Waals surface area contributed by atoms with Gasteiger partial charge in [0.25, 0.3) is 0 Å². The van der Waals surface area contributed by atoms with E-state index in [4.69, 9.17) is 10.8 Å². The fourth-order valence-electron chi connectivity index (χ4n) is 1.57. The number of nitrogen functional groups attached to an aromatic ring is 1. The molecule has 0 saturated carbocycles. The van der Waals surface area contributed by atoms with Crippen molar-refractivity contribution in [3.05, 3.63) is 23.8 Å². The van der Waals surface area contributed by atoms with E-state index in [1.807, 2.05) is 6.92 Å². The third kappa shape index (κ3) is 2.82. The van der Waals surface area contributed by atoms with Crippen molar-refractivity contribution >= 4 is 15.7 Å². The predicted octanol–water partition coefficient (Wildman–Crippen LogP) is 0.833. The number of anilines is 1. The first-order valence-electron chi connectivity index (χ1n) is 5.81. The molecule has 1 rings (SSSR count). The molecule has 0 heterocycles. The molecule has 1 aromatic rings. The van der Waals surface area contributed by atoms with E-state index in [9.17, 15) is 8.42 Å². The fourth-order valence-corrected chi connectivity index (χ4v) is 2.96. The molecule has 0 amide bonds. The number of nitrogens with two attached hydrogens (primary N) is 1. The van der Waals surface area contributed by atoms with Crippen molar-refractivity contribution < 1.29 is 13.5 Å². The molecule has 0 radical (unpaired) electrons. The summed E-state index contributed by atoms with van der Waals surface area (Å²) in [5.74, 6) is 0. The second kappa shape index (κ2) is 5.69. The number of nitrogens with zero attached hydrogens (tertiary/aromatic N) is 1. The van der Waals surface area contributed by atoms with Crippen LogP contribution >= 0.6 is 0 Å². The van der Waals surface area contributed by atoms with Crippen molar-refractivity contribution in [2.45, 2.75) is 31.2 Å². The summed E-state index contributed by atoms with van der Waals surface area (Å²) in [7, 11) is -2.16. The minimum absolute atomic E-state index is 0.153. The zero-order chi connectivity index (χ0) is 13.9. The monoisotopic (exact) mass is 272 g/mol. The molecule has 1 atom stereocenters. The maximum atomic E-state index is 12.2. The average molecular weight is 272 g/mol. The summed E-state index contributed by atoms with van der Waals surface area (Å²) in [6.07, 6.45) is 0.759. The molecule has 0 aliphatic rings. The van der Waals surface area contributed by atoms with E-state index in [1.54, 1.807) is 19.1 Å². The second-order valence-corrected chi connectivity index (χ2v) is 6.26. The maximum absolute atomic E-state index is 12.2. The third-order valence-corrected chi connectivity index (χ3v) is 5.03. The number of hydrogen-bond acceptors (Lipinski definition) is 4. The van der Waals surface area contributed by atoms with Crippen molar-refractivity contribution in [1.29, 1.82) is 0 Å². The van der Waals surface area contributed by atoms with Gasteiger partial charge in [0.05, 0.1) is 11.5 Å². The molecule has 1 unspecified atom stereocenters. The van der Waals surface area contributed by atoms with Gasteiger partial charge in [-0.3, -0.25) is 0 Å². The van der Waals surface area contributed by atoms with Crippen LogP contribution in [0.15, 0.2) is 23.1 Å². The van der Waals surface area contributed by atoms with Crippen LogP contribution in [0.4, 0.5) is 5.69 Å². The van der Waals surface area contributed by atoms with Crippen LogP contribution in [0.5, 0.6) is 0 Å². The van der Waals surface area contributed by atoms with Crippen molar-refractivity contribution in [3.8, 4) is 0 Å². The highest BCUT2D eigenvalue weighted by Crippen LogP contribution is 2.22. The first-order valence-corrected chi connectivity index (χ1v) is 7.25. The molecule has 1 aromatic carbocycles. The molecule has 0 aliphatic carbocycles. The molecule has 0 aliphatic heterocycles. The van der Waals surface area contributed by atoms with Crippen LogP contribution in [-0.4, -0.2) is 37.5 Å². The molecule has 0 fully saturated rings. The predicted molar refractivity (Wildman–Crippen MR) is 71.7 cm³/mol. The van der Waals surface area contributed by atoms with Crippen molar-refractivity contribution in [2.24, 2.45) is 0 Å². The molecule has 18 heavy (non-hydrogen) atoms. The van der Waals surface area contributed by atoms with Gasteiger partial charge in [0.1, 0.15) is 0 Å². The Kier molecular flexibility index (Phi) is 4.72. The summed E-state index contributed by atoms with van der Waals surface area (Å²) in [4.78, 5) is 0.153. The number of benzene rings is 1. The molecule has 0 aromatic heterocycles. The van der Waals surface area contributed by atoms with Crippen LogP contribution in [0.2, 0.25) is 0 Å². The van der Waals surface area contributed by atoms with Gasteiger partial charge in [0.15, 0.2) is 0 Å². The maximum Gasteiger partial charge on any atom is 0.243 e. The van der Waals surface area contributed by atoms with Gasteiger partial charge < -0.3 is 10.8 Å². The SMILES string of the molecule is CCc1ccc(S(=O)(=O)N(C)C(C)CO)cc1N. The van der Waals surface area contributed by atoms with E-state index in [0.717, 1.165) is 16.3 Å². The number of aryl methyl sites for hydroxylation is 1. The van der Waals surface area contributed by atoms with Gasteiger partial charge >= 0.3 is 0 Å². The highest BCUT2D eigenvalue weighted by Gasteiger charge is 2.25. The van der Waals surface area contributed by atoms with E-state index in [-0.39, 0.29) is 11.5 Å². The highest BCUT2D eigenvalue weighted by molar-refractivity contribution is 7.89. The van der Waals surface area contributed by atoms with Crippen LogP contribution in [0, 0.1) is 0 Å². The molecule has 3 N–H and O–H groups in total. The Balaban J connectivity index is 3.17. The van der Waals surface area contributed by atoms with Crippen LogP contribution in [0.25, 0.3) is 0 Å². The second-order valence-electron chi connectivity index (χ2n) is 4.27.